The van der Waals surface area contributed by atoms with Crippen LogP contribution in [0.3, 0.4) is 0 Å². The van der Waals surface area contributed by atoms with E-state index < -0.39 is 16.3 Å². The highest BCUT2D eigenvalue weighted by Crippen LogP contribution is 2.33. The molecule has 1 aliphatic rings. The SMILES string of the molecule is C=C[C@H]1CO[C@@H](c2ccc(C)cc2)N1S(C)(=O)=O. The highest BCUT2D eigenvalue weighted by molar-refractivity contribution is 7.88. The molecular weight excluding hydrogens is 250 g/mol. The van der Waals surface area contributed by atoms with Crippen LogP contribution in [0.4, 0.5) is 0 Å². The van der Waals surface area contributed by atoms with E-state index in [-0.39, 0.29) is 6.04 Å². The fourth-order valence-electron chi connectivity index (χ4n) is 2.08. The van der Waals surface area contributed by atoms with Crippen LogP contribution in [-0.2, 0) is 14.8 Å². The predicted octanol–water partition coefficient (Wildman–Crippen LogP) is 1.84. The van der Waals surface area contributed by atoms with Gasteiger partial charge in [-0.3, -0.25) is 0 Å². The Labute approximate surface area is 108 Å². The topological polar surface area (TPSA) is 46.6 Å². The molecule has 0 bridgehead atoms. The molecule has 2 rings (SSSR count). The average Bonchev–Trinajstić information content (AvgIpc) is 2.73. The van der Waals surface area contributed by atoms with E-state index in [0.717, 1.165) is 11.1 Å². The molecule has 1 saturated heterocycles. The van der Waals surface area contributed by atoms with Gasteiger partial charge in [0, 0.05) is 0 Å². The quantitative estimate of drug-likeness (QED) is 0.785. The number of sulfonamides is 1. The number of hydrogen-bond acceptors (Lipinski definition) is 3. The number of benzene rings is 1. The molecule has 5 heteroatoms. The number of rotatable bonds is 3. The summed E-state index contributed by atoms with van der Waals surface area (Å²) in [5.74, 6) is 0. The van der Waals surface area contributed by atoms with E-state index in [9.17, 15) is 8.42 Å². The highest BCUT2D eigenvalue weighted by atomic mass is 32.2. The van der Waals surface area contributed by atoms with Gasteiger partial charge in [0.15, 0.2) is 6.23 Å². The third-order valence-corrected chi connectivity index (χ3v) is 4.23. The molecule has 1 aromatic carbocycles. The summed E-state index contributed by atoms with van der Waals surface area (Å²) in [7, 11) is -3.33. The van der Waals surface area contributed by atoms with E-state index in [1.165, 1.54) is 10.6 Å². The summed E-state index contributed by atoms with van der Waals surface area (Å²) in [6.45, 7) is 5.99. The number of nitrogens with zero attached hydrogens (tertiary/aromatic N) is 1. The van der Waals surface area contributed by atoms with Crippen LogP contribution in [0.15, 0.2) is 36.9 Å². The van der Waals surface area contributed by atoms with Crippen LogP contribution in [0.2, 0.25) is 0 Å². The normalized spacial score (nSPS) is 25.2. The first-order valence-corrected chi connectivity index (χ1v) is 7.57. The second-order valence-electron chi connectivity index (χ2n) is 4.49. The number of hydrogen-bond donors (Lipinski definition) is 0. The summed E-state index contributed by atoms with van der Waals surface area (Å²) in [6, 6.07) is 7.37. The van der Waals surface area contributed by atoms with Gasteiger partial charge in [0.05, 0.1) is 18.9 Å². The van der Waals surface area contributed by atoms with Gasteiger partial charge in [0.2, 0.25) is 10.0 Å². The van der Waals surface area contributed by atoms with Crippen molar-refractivity contribution in [1.82, 2.24) is 4.31 Å². The molecule has 18 heavy (non-hydrogen) atoms. The van der Waals surface area contributed by atoms with E-state index >= 15 is 0 Å². The van der Waals surface area contributed by atoms with E-state index in [0.29, 0.717) is 6.61 Å². The van der Waals surface area contributed by atoms with Gasteiger partial charge in [-0.05, 0) is 12.5 Å². The lowest BCUT2D eigenvalue weighted by Crippen LogP contribution is -2.36. The van der Waals surface area contributed by atoms with E-state index in [1.807, 2.05) is 31.2 Å². The summed E-state index contributed by atoms with van der Waals surface area (Å²) < 4.78 is 30.7. The Morgan fingerprint density at radius 2 is 2.00 bits per heavy atom. The summed E-state index contributed by atoms with van der Waals surface area (Å²) >= 11 is 0. The number of ether oxygens (including phenoxy) is 1. The lowest BCUT2D eigenvalue weighted by atomic mass is 10.1. The largest absolute Gasteiger partial charge is 0.356 e. The zero-order valence-electron chi connectivity index (χ0n) is 10.5. The first kappa shape index (κ1) is 13.3. The molecule has 4 nitrogen and oxygen atoms in total. The summed E-state index contributed by atoms with van der Waals surface area (Å²) in [5.41, 5.74) is 1.97. The Morgan fingerprint density at radius 1 is 1.39 bits per heavy atom. The van der Waals surface area contributed by atoms with Crippen molar-refractivity contribution < 1.29 is 13.2 Å². The van der Waals surface area contributed by atoms with Crippen molar-refractivity contribution in [2.75, 3.05) is 12.9 Å². The van der Waals surface area contributed by atoms with Gasteiger partial charge in [-0.2, -0.15) is 4.31 Å². The fraction of sp³-hybridized carbons (Fsp3) is 0.385. The van der Waals surface area contributed by atoms with Crippen molar-refractivity contribution in [3.8, 4) is 0 Å². The van der Waals surface area contributed by atoms with Crippen LogP contribution in [0, 0.1) is 6.92 Å². The van der Waals surface area contributed by atoms with Gasteiger partial charge in [-0.25, -0.2) is 8.42 Å². The van der Waals surface area contributed by atoms with Crippen LogP contribution in [0.1, 0.15) is 17.4 Å². The molecule has 1 heterocycles. The molecule has 1 aliphatic heterocycles. The van der Waals surface area contributed by atoms with Crippen LogP contribution >= 0.6 is 0 Å². The van der Waals surface area contributed by atoms with Crippen molar-refractivity contribution in [2.45, 2.75) is 19.2 Å². The Bertz CT molecular complexity index is 536. The third-order valence-electron chi connectivity index (χ3n) is 3.00. The lowest BCUT2D eigenvalue weighted by Gasteiger charge is -2.24. The van der Waals surface area contributed by atoms with Crippen LogP contribution in [0.25, 0.3) is 0 Å². The van der Waals surface area contributed by atoms with Gasteiger partial charge < -0.3 is 4.74 Å². The molecule has 0 aromatic heterocycles. The van der Waals surface area contributed by atoms with Crippen LogP contribution < -0.4 is 0 Å². The molecule has 1 fully saturated rings. The van der Waals surface area contributed by atoms with E-state index in [1.54, 1.807) is 6.08 Å². The Balaban J connectivity index is 2.38. The fourth-order valence-corrected chi connectivity index (χ4v) is 3.25. The Morgan fingerprint density at radius 3 is 2.50 bits per heavy atom. The van der Waals surface area contributed by atoms with Gasteiger partial charge in [-0.15, -0.1) is 6.58 Å². The minimum absolute atomic E-state index is 0.300. The lowest BCUT2D eigenvalue weighted by molar-refractivity contribution is 0.0685. The van der Waals surface area contributed by atoms with Crippen molar-refractivity contribution in [1.29, 1.82) is 0 Å². The van der Waals surface area contributed by atoms with Gasteiger partial charge in [-0.1, -0.05) is 35.9 Å². The van der Waals surface area contributed by atoms with Crippen LogP contribution in [0.5, 0.6) is 0 Å². The van der Waals surface area contributed by atoms with E-state index in [2.05, 4.69) is 6.58 Å². The molecule has 0 N–H and O–H groups in total. The molecule has 1 aromatic rings. The first-order valence-electron chi connectivity index (χ1n) is 5.72. The zero-order chi connectivity index (χ0) is 13.3. The summed E-state index contributed by atoms with van der Waals surface area (Å²) in [5, 5.41) is 0. The van der Waals surface area contributed by atoms with Crippen molar-refractivity contribution >= 4 is 10.0 Å². The smallest absolute Gasteiger partial charge is 0.214 e. The Hall–Kier alpha value is -1.17. The van der Waals surface area contributed by atoms with Crippen molar-refractivity contribution in [3.63, 3.8) is 0 Å². The maximum absolute atomic E-state index is 11.9. The molecule has 0 aliphatic carbocycles. The molecule has 0 saturated carbocycles. The molecule has 0 radical (unpaired) electrons. The van der Waals surface area contributed by atoms with Crippen molar-refractivity contribution in [2.24, 2.45) is 0 Å². The molecule has 0 spiro atoms. The summed E-state index contributed by atoms with van der Waals surface area (Å²) in [4.78, 5) is 0. The molecule has 98 valence electrons. The van der Waals surface area contributed by atoms with Gasteiger partial charge in [0.25, 0.3) is 0 Å². The predicted molar refractivity (Wildman–Crippen MR) is 70.5 cm³/mol. The Kier molecular flexibility index (Phi) is 3.56. The van der Waals surface area contributed by atoms with Crippen LogP contribution in [-0.4, -0.2) is 31.6 Å². The van der Waals surface area contributed by atoms with Gasteiger partial charge in [0.1, 0.15) is 0 Å². The highest BCUT2D eigenvalue weighted by Gasteiger charge is 2.39. The molecule has 0 unspecified atom stereocenters. The minimum atomic E-state index is -3.33. The number of aryl methyl sites for hydroxylation is 1. The monoisotopic (exact) mass is 267 g/mol. The van der Waals surface area contributed by atoms with E-state index in [4.69, 9.17) is 4.74 Å². The standard InChI is InChI=1S/C13H17NO3S/c1-4-12-9-17-13(14(12)18(3,15)16)11-7-5-10(2)6-8-11/h4-8,12-13H,1,9H2,2-3H3/t12-,13-/m0/s1. The maximum atomic E-state index is 11.9. The molecule has 2 atom stereocenters. The zero-order valence-corrected chi connectivity index (χ0v) is 11.4. The average molecular weight is 267 g/mol. The second-order valence-corrected chi connectivity index (χ2v) is 6.38. The summed E-state index contributed by atoms with van der Waals surface area (Å²) in [6.07, 6.45) is 2.25. The molecular formula is C13H17NO3S. The van der Waals surface area contributed by atoms with Crippen molar-refractivity contribution in [3.05, 3.63) is 48.0 Å². The van der Waals surface area contributed by atoms with Gasteiger partial charge >= 0.3 is 0 Å². The molecule has 0 amide bonds. The minimum Gasteiger partial charge on any atom is -0.356 e. The maximum Gasteiger partial charge on any atom is 0.214 e. The first-order chi connectivity index (χ1) is 8.43. The second kappa shape index (κ2) is 4.84. The third kappa shape index (κ3) is 2.48.